The summed E-state index contributed by atoms with van der Waals surface area (Å²) in [6, 6.07) is 15.3. The van der Waals surface area contributed by atoms with E-state index in [0.29, 0.717) is 23.1 Å². The van der Waals surface area contributed by atoms with Gasteiger partial charge in [-0.1, -0.05) is 29.8 Å². The Morgan fingerprint density at radius 1 is 1.10 bits per heavy atom. The summed E-state index contributed by atoms with van der Waals surface area (Å²) in [5.74, 6) is 0.836. The van der Waals surface area contributed by atoms with E-state index in [2.05, 4.69) is 29.2 Å². The van der Waals surface area contributed by atoms with Crippen molar-refractivity contribution in [3.8, 4) is 5.75 Å². The molecule has 0 saturated heterocycles. The highest BCUT2D eigenvalue weighted by Crippen LogP contribution is 2.21. The molecule has 2 heterocycles. The third-order valence-electron chi connectivity index (χ3n) is 4.78. The summed E-state index contributed by atoms with van der Waals surface area (Å²) in [5.41, 5.74) is 4.39. The lowest BCUT2D eigenvalue weighted by molar-refractivity contribution is 0.102. The van der Waals surface area contributed by atoms with E-state index in [0.717, 1.165) is 16.9 Å². The number of anilines is 1. The maximum atomic E-state index is 12.5. The third-order valence-corrected chi connectivity index (χ3v) is 6.01. The van der Waals surface area contributed by atoms with E-state index in [1.54, 1.807) is 11.0 Å². The predicted octanol–water partition coefficient (Wildman–Crippen LogP) is 5.49. The van der Waals surface area contributed by atoms with Crippen molar-refractivity contribution in [1.29, 1.82) is 0 Å². The number of nitrogens with one attached hydrogen (secondary N) is 1. The average Bonchev–Trinajstić information content (AvgIpc) is 3.40. The lowest BCUT2D eigenvalue weighted by Gasteiger charge is -2.07. The van der Waals surface area contributed by atoms with Crippen molar-refractivity contribution < 1.29 is 9.53 Å². The van der Waals surface area contributed by atoms with Crippen LogP contribution in [0.3, 0.4) is 0 Å². The summed E-state index contributed by atoms with van der Waals surface area (Å²) < 4.78 is 7.51. The Morgan fingerprint density at radius 2 is 1.90 bits per heavy atom. The van der Waals surface area contributed by atoms with Gasteiger partial charge in [0.1, 0.15) is 18.7 Å². The standard InChI is InChI=1S/C23H21ClN4O2S/c1-15-3-8-20(9-16(15)2)30-12-18-10-21(31-13-18)22(29)26-23-25-14-28(27-23)11-17-4-6-19(24)7-5-17/h3-10,13-14H,11-12H2,1-2H3,(H,26,27,29). The second kappa shape index (κ2) is 9.32. The fourth-order valence-corrected chi connectivity index (χ4v) is 3.83. The SMILES string of the molecule is Cc1ccc(OCc2csc(C(=O)Nc3ncn(Cc4ccc(Cl)cc4)n3)c2)cc1C. The first-order chi connectivity index (χ1) is 15.0. The van der Waals surface area contributed by atoms with Crippen molar-refractivity contribution >= 4 is 34.8 Å². The molecule has 0 bridgehead atoms. The lowest BCUT2D eigenvalue weighted by atomic mass is 10.1. The molecule has 0 saturated carbocycles. The van der Waals surface area contributed by atoms with E-state index in [1.807, 2.05) is 53.9 Å². The number of thiophene rings is 1. The van der Waals surface area contributed by atoms with Crippen LogP contribution in [0.5, 0.6) is 5.75 Å². The summed E-state index contributed by atoms with van der Waals surface area (Å²) in [7, 11) is 0. The van der Waals surface area contributed by atoms with E-state index in [9.17, 15) is 4.79 Å². The van der Waals surface area contributed by atoms with Gasteiger partial charge >= 0.3 is 0 Å². The van der Waals surface area contributed by atoms with Crippen LogP contribution >= 0.6 is 22.9 Å². The molecule has 0 atom stereocenters. The number of carbonyl (C=O) groups excluding carboxylic acids is 1. The van der Waals surface area contributed by atoms with E-state index >= 15 is 0 Å². The molecule has 8 heteroatoms. The molecular formula is C23H21ClN4O2S. The number of rotatable bonds is 7. The minimum atomic E-state index is -0.244. The molecule has 2 aromatic heterocycles. The summed E-state index contributed by atoms with van der Waals surface area (Å²) in [6.07, 6.45) is 1.58. The number of amides is 1. The van der Waals surface area contributed by atoms with Gasteiger partial charge in [-0.25, -0.2) is 9.67 Å². The summed E-state index contributed by atoms with van der Waals surface area (Å²) >= 11 is 7.27. The van der Waals surface area contributed by atoms with Crippen molar-refractivity contribution in [1.82, 2.24) is 14.8 Å². The van der Waals surface area contributed by atoms with E-state index in [1.165, 1.54) is 22.5 Å². The highest BCUT2D eigenvalue weighted by Gasteiger charge is 2.12. The first-order valence-corrected chi connectivity index (χ1v) is 10.9. The first kappa shape index (κ1) is 21.1. The van der Waals surface area contributed by atoms with Crippen LogP contribution < -0.4 is 10.1 Å². The van der Waals surface area contributed by atoms with Crippen LogP contribution in [0.4, 0.5) is 5.95 Å². The molecule has 6 nitrogen and oxygen atoms in total. The number of halogens is 1. The topological polar surface area (TPSA) is 69.0 Å². The van der Waals surface area contributed by atoms with E-state index in [4.69, 9.17) is 16.3 Å². The van der Waals surface area contributed by atoms with Gasteiger partial charge in [-0.05, 0) is 66.2 Å². The second-order valence-electron chi connectivity index (χ2n) is 7.20. The molecule has 31 heavy (non-hydrogen) atoms. The molecule has 0 spiro atoms. The van der Waals surface area contributed by atoms with Gasteiger partial charge in [0, 0.05) is 10.6 Å². The van der Waals surface area contributed by atoms with Crippen LogP contribution in [0.25, 0.3) is 0 Å². The van der Waals surface area contributed by atoms with Crippen molar-refractivity contribution in [2.75, 3.05) is 5.32 Å². The highest BCUT2D eigenvalue weighted by atomic mass is 35.5. The number of aryl methyl sites for hydroxylation is 2. The highest BCUT2D eigenvalue weighted by molar-refractivity contribution is 7.12. The van der Waals surface area contributed by atoms with Crippen LogP contribution in [0.2, 0.25) is 5.02 Å². The van der Waals surface area contributed by atoms with Crippen LogP contribution in [-0.4, -0.2) is 20.7 Å². The van der Waals surface area contributed by atoms with Gasteiger partial charge in [0.05, 0.1) is 11.4 Å². The zero-order valence-corrected chi connectivity index (χ0v) is 18.7. The van der Waals surface area contributed by atoms with Gasteiger partial charge < -0.3 is 4.74 Å². The molecule has 1 amide bonds. The zero-order valence-electron chi connectivity index (χ0n) is 17.1. The van der Waals surface area contributed by atoms with Crippen molar-refractivity contribution in [3.05, 3.63) is 92.4 Å². The Labute approximate surface area is 189 Å². The molecule has 0 aliphatic rings. The fraction of sp³-hybridized carbons (Fsp3) is 0.174. The molecule has 0 fully saturated rings. The van der Waals surface area contributed by atoms with E-state index < -0.39 is 0 Å². The maximum Gasteiger partial charge on any atom is 0.268 e. The number of aromatic nitrogens is 3. The Hall–Kier alpha value is -3.16. The summed E-state index contributed by atoms with van der Waals surface area (Å²) in [4.78, 5) is 17.3. The normalized spacial score (nSPS) is 10.8. The van der Waals surface area contributed by atoms with Gasteiger partial charge in [0.2, 0.25) is 5.95 Å². The number of nitrogens with zero attached hydrogens (tertiary/aromatic N) is 3. The number of hydrogen-bond acceptors (Lipinski definition) is 5. The quantitative estimate of drug-likeness (QED) is 0.402. The zero-order chi connectivity index (χ0) is 21.8. The Kier molecular flexibility index (Phi) is 6.34. The molecule has 0 aliphatic heterocycles. The van der Waals surface area contributed by atoms with Crippen LogP contribution in [0, 0.1) is 13.8 Å². The molecule has 0 aliphatic carbocycles. The molecule has 2 aromatic carbocycles. The fourth-order valence-electron chi connectivity index (χ4n) is 2.91. The lowest BCUT2D eigenvalue weighted by Crippen LogP contribution is -2.12. The second-order valence-corrected chi connectivity index (χ2v) is 8.55. The number of hydrogen-bond donors (Lipinski definition) is 1. The number of benzene rings is 2. The first-order valence-electron chi connectivity index (χ1n) is 9.69. The van der Waals surface area contributed by atoms with Crippen LogP contribution in [0.1, 0.15) is 31.9 Å². The van der Waals surface area contributed by atoms with Gasteiger partial charge in [-0.15, -0.1) is 16.4 Å². The number of ether oxygens (including phenoxy) is 1. The molecule has 0 radical (unpaired) electrons. The largest absolute Gasteiger partial charge is 0.489 e. The minimum Gasteiger partial charge on any atom is -0.489 e. The monoisotopic (exact) mass is 452 g/mol. The predicted molar refractivity (Wildman–Crippen MR) is 123 cm³/mol. The van der Waals surface area contributed by atoms with E-state index in [-0.39, 0.29) is 11.9 Å². The van der Waals surface area contributed by atoms with Gasteiger partial charge in [0.25, 0.3) is 5.91 Å². The van der Waals surface area contributed by atoms with Crippen molar-refractivity contribution in [3.63, 3.8) is 0 Å². The Bertz CT molecular complexity index is 1200. The van der Waals surface area contributed by atoms with Crippen molar-refractivity contribution in [2.45, 2.75) is 27.0 Å². The smallest absolute Gasteiger partial charge is 0.268 e. The van der Waals surface area contributed by atoms with Crippen molar-refractivity contribution in [2.24, 2.45) is 0 Å². The number of carbonyl (C=O) groups is 1. The third kappa shape index (κ3) is 5.51. The summed E-state index contributed by atoms with van der Waals surface area (Å²) in [6.45, 7) is 5.07. The molecule has 158 valence electrons. The molecule has 1 N–H and O–H groups in total. The van der Waals surface area contributed by atoms with Gasteiger partial charge in [-0.3, -0.25) is 10.1 Å². The van der Waals surface area contributed by atoms with Gasteiger partial charge in [0.15, 0.2) is 0 Å². The molecule has 4 rings (SSSR count). The van der Waals surface area contributed by atoms with Crippen LogP contribution in [-0.2, 0) is 13.2 Å². The minimum absolute atomic E-state index is 0.244. The molecule has 4 aromatic rings. The molecular weight excluding hydrogens is 432 g/mol. The summed E-state index contributed by atoms with van der Waals surface area (Å²) in [5, 5.41) is 9.66. The average molecular weight is 453 g/mol. The molecule has 0 unspecified atom stereocenters. The maximum absolute atomic E-state index is 12.5. The Morgan fingerprint density at radius 3 is 2.68 bits per heavy atom. The van der Waals surface area contributed by atoms with Gasteiger partial charge in [-0.2, -0.15) is 0 Å². The van der Waals surface area contributed by atoms with Crippen LogP contribution in [0.15, 0.2) is 60.2 Å². The Balaban J connectivity index is 1.33.